The summed E-state index contributed by atoms with van der Waals surface area (Å²) in [6, 6.07) is 10.6. The third-order valence-electron chi connectivity index (χ3n) is 14.2. The van der Waals surface area contributed by atoms with Gasteiger partial charge in [-0.1, -0.05) is 0 Å². The maximum atomic E-state index is 16.2. The number of hydrogen-bond acceptors (Lipinski definition) is 11. The van der Waals surface area contributed by atoms with E-state index in [1.54, 1.807) is 18.5 Å². The zero-order valence-electron chi connectivity index (χ0n) is 34.8. The van der Waals surface area contributed by atoms with Crippen LogP contribution in [0.2, 0.25) is 0 Å². The van der Waals surface area contributed by atoms with Gasteiger partial charge in [0, 0.05) is 94.4 Å². The minimum atomic E-state index is -1.16. The van der Waals surface area contributed by atoms with E-state index in [-0.39, 0.29) is 42.4 Å². The molecule has 2 aromatic heterocycles. The monoisotopic (exact) mass is 836 g/mol. The fourth-order valence-corrected chi connectivity index (χ4v) is 9.97. The number of nitrogens with zero attached hydrogens (tertiary/aromatic N) is 8. The van der Waals surface area contributed by atoms with E-state index >= 15 is 8.78 Å². The summed E-state index contributed by atoms with van der Waals surface area (Å²) >= 11 is 0. The van der Waals surface area contributed by atoms with E-state index in [0.717, 1.165) is 112 Å². The molecule has 61 heavy (non-hydrogen) atoms. The maximum Gasteiger partial charge on any atom is 0.255 e. The first-order valence-electron chi connectivity index (χ1n) is 22.1. The minimum absolute atomic E-state index is 0.0202. The van der Waals surface area contributed by atoms with Crippen LogP contribution in [0, 0.1) is 11.7 Å². The van der Waals surface area contributed by atoms with Crippen molar-refractivity contribution in [1.29, 1.82) is 0 Å². The molecule has 0 radical (unpaired) electrons. The number of alkyl halides is 1. The number of piperidine rings is 3. The third-order valence-corrected chi connectivity index (χ3v) is 14.2. The molecule has 1 aliphatic carbocycles. The quantitative estimate of drug-likeness (QED) is 0.195. The Hall–Kier alpha value is -5.22. The Morgan fingerprint density at radius 2 is 1.66 bits per heavy atom. The Morgan fingerprint density at radius 3 is 2.41 bits per heavy atom. The number of benzene rings is 2. The summed E-state index contributed by atoms with van der Waals surface area (Å²) in [7, 11) is 0. The number of carbonyl (C=O) groups excluding carboxylic acids is 3. The van der Waals surface area contributed by atoms with Crippen molar-refractivity contribution < 1.29 is 27.9 Å². The average molecular weight is 837 g/mol. The Bertz CT molecular complexity index is 2330. The molecule has 3 amide bonds. The summed E-state index contributed by atoms with van der Waals surface area (Å²) in [6.07, 6.45) is 7.58. The zero-order chi connectivity index (χ0) is 41.9. The zero-order valence-corrected chi connectivity index (χ0v) is 34.8. The molecule has 7 heterocycles. The van der Waals surface area contributed by atoms with Gasteiger partial charge in [-0.2, -0.15) is 5.10 Å². The fraction of sp³-hybridized carbons (Fsp3) is 0.556. The molecule has 2 aromatic carbocycles. The highest BCUT2D eigenvalue weighted by molar-refractivity contribution is 6.05. The molecular formula is C45H54F2N10O4. The van der Waals surface area contributed by atoms with E-state index in [1.165, 1.54) is 4.90 Å². The van der Waals surface area contributed by atoms with Crippen molar-refractivity contribution in [2.75, 3.05) is 75.2 Å². The number of nitrogens with one attached hydrogen (secondary N) is 2. The van der Waals surface area contributed by atoms with E-state index in [9.17, 15) is 14.4 Å². The minimum Gasteiger partial charge on any atom is -0.488 e. The lowest BCUT2D eigenvalue weighted by molar-refractivity contribution is -0.136. The molecule has 5 aliphatic heterocycles. The van der Waals surface area contributed by atoms with E-state index in [1.807, 2.05) is 24.3 Å². The Morgan fingerprint density at radius 1 is 0.869 bits per heavy atom. The largest absolute Gasteiger partial charge is 0.488 e. The van der Waals surface area contributed by atoms with Crippen molar-refractivity contribution in [3.63, 3.8) is 0 Å². The van der Waals surface area contributed by atoms with E-state index in [0.29, 0.717) is 49.5 Å². The summed E-state index contributed by atoms with van der Waals surface area (Å²) in [5, 5.41) is 11.0. The van der Waals surface area contributed by atoms with Crippen LogP contribution in [0.4, 0.5) is 20.3 Å². The summed E-state index contributed by atoms with van der Waals surface area (Å²) < 4.78 is 38.3. The van der Waals surface area contributed by atoms with Gasteiger partial charge in [0.05, 0.1) is 23.4 Å². The second-order valence-corrected chi connectivity index (χ2v) is 18.4. The van der Waals surface area contributed by atoms with Crippen molar-refractivity contribution in [1.82, 2.24) is 40.2 Å². The topological polar surface area (TPSA) is 143 Å². The molecule has 2 N–H and O–H groups in total. The van der Waals surface area contributed by atoms with Crippen LogP contribution in [-0.4, -0.2) is 135 Å². The molecule has 0 bridgehead atoms. The van der Waals surface area contributed by atoms with Crippen molar-refractivity contribution in [2.45, 2.75) is 88.6 Å². The van der Waals surface area contributed by atoms with Crippen LogP contribution in [0.25, 0.3) is 22.3 Å². The Kier molecular flexibility index (Phi) is 10.4. The Balaban J connectivity index is 0.662. The highest BCUT2D eigenvalue weighted by atomic mass is 19.1. The summed E-state index contributed by atoms with van der Waals surface area (Å²) in [4.78, 5) is 56.9. The van der Waals surface area contributed by atoms with Crippen LogP contribution in [-0.2, 0) is 16.1 Å². The number of amides is 3. The predicted molar refractivity (Wildman–Crippen MR) is 226 cm³/mol. The van der Waals surface area contributed by atoms with Crippen LogP contribution in [0.3, 0.4) is 0 Å². The van der Waals surface area contributed by atoms with Gasteiger partial charge in [-0.25, -0.2) is 18.7 Å². The standard InChI is InChI=1S/C45H54F2N10O4/c1-44(10-11-44)61-30-2-4-34-32(24-30)41(52-51-34)35-25-38(49-28-48-35)56-22-20-53(21-23-56)17-12-45(47)13-18-54(19-14-45)26-29-8-15-55(16-9-29)36-5-3-31-33(40(36)46)27-57(43(31)60)37-6-7-39(58)50-42(37)59/h2-5,24-25,28-29,37H,6-23,26-27H2,1H3,(H,51,52)(H,50,58,59). The van der Waals surface area contributed by atoms with Gasteiger partial charge in [0.2, 0.25) is 11.8 Å². The van der Waals surface area contributed by atoms with E-state index < -0.39 is 23.4 Å². The third kappa shape index (κ3) is 8.16. The predicted octanol–water partition coefficient (Wildman–Crippen LogP) is 5.08. The first kappa shape index (κ1) is 39.9. The van der Waals surface area contributed by atoms with Gasteiger partial charge in [0.1, 0.15) is 40.9 Å². The molecule has 0 spiro atoms. The number of piperazine rings is 1. The van der Waals surface area contributed by atoms with Gasteiger partial charge < -0.3 is 24.3 Å². The molecule has 6 aliphatic rings. The first-order valence-corrected chi connectivity index (χ1v) is 22.1. The van der Waals surface area contributed by atoms with Gasteiger partial charge in [-0.3, -0.25) is 29.7 Å². The number of ether oxygens (including phenoxy) is 1. The maximum absolute atomic E-state index is 16.2. The van der Waals surface area contributed by atoms with Crippen LogP contribution in [0.5, 0.6) is 5.75 Å². The summed E-state index contributed by atoms with van der Waals surface area (Å²) in [6.45, 7) is 10.0. The van der Waals surface area contributed by atoms with Gasteiger partial charge in [-0.05, 0) is 94.5 Å². The van der Waals surface area contributed by atoms with Crippen molar-refractivity contribution in [3.05, 3.63) is 59.7 Å². The molecule has 1 atom stereocenters. The highest BCUT2D eigenvalue weighted by Crippen LogP contribution is 2.41. The number of anilines is 2. The SMILES string of the molecule is CC1(Oc2ccc3[nH]nc(-c4cc(N5CCN(CCC6(F)CCN(CC7CCN(c8ccc9c(c8F)CN(C8CCC(=O)NC8=O)C9=O)CC7)CC6)CC5)ncn4)c3c2)CC1. The molecule has 1 saturated carbocycles. The van der Waals surface area contributed by atoms with Crippen LogP contribution >= 0.6 is 0 Å². The van der Waals surface area contributed by atoms with Gasteiger partial charge in [-0.15, -0.1) is 0 Å². The number of halogens is 2. The van der Waals surface area contributed by atoms with Gasteiger partial charge in [0.15, 0.2) is 5.82 Å². The number of aromatic amines is 1. The average Bonchev–Trinajstić information content (AvgIpc) is 3.68. The van der Waals surface area contributed by atoms with Crippen molar-refractivity contribution >= 4 is 40.1 Å². The van der Waals surface area contributed by atoms with Gasteiger partial charge >= 0.3 is 0 Å². The molecule has 1 unspecified atom stereocenters. The molecule has 322 valence electrons. The number of imide groups is 1. The lowest BCUT2D eigenvalue weighted by Crippen LogP contribution is -2.52. The number of H-pyrrole nitrogens is 1. The van der Waals surface area contributed by atoms with Crippen molar-refractivity contribution in [3.8, 4) is 17.1 Å². The number of hydrogen-bond donors (Lipinski definition) is 2. The first-order chi connectivity index (χ1) is 29.5. The highest BCUT2D eigenvalue weighted by Gasteiger charge is 2.42. The lowest BCUT2D eigenvalue weighted by Gasteiger charge is -2.41. The number of carbonyl (C=O) groups is 3. The molecule has 4 saturated heterocycles. The van der Waals surface area contributed by atoms with Gasteiger partial charge in [0.25, 0.3) is 5.91 Å². The van der Waals surface area contributed by atoms with Crippen LogP contribution in [0.1, 0.15) is 80.6 Å². The fourth-order valence-electron chi connectivity index (χ4n) is 9.97. The molecule has 16 heteroatoms. The molecule has 4 aromatic rings. The molecular weight excluding hydrogens is 783 g/mol. The normalized spacial score (nSPS) is 23.4. The number of aromatic nitrogens is 4. The number of rotatable bonds is 11. The van der Waals surface area contributed by atoms with Crippen molar-refractivity contribution in [2.24, 2.45) is 5.92 Å². The molecule has 5 fully saturated rings. The van der Waals surface area contributed by atoms with E-state index in [4.69, 9.17) is 4.74 Å². The summed E-state index contributed by atoms with van der Waals surface area (Å²) in [5.74, 6) is 0.530. The number of likely N-dealkylation sites (tertiary alicyclic amines) is 1. The molecule has 10 rings (SSSR count). The lowest BCUT2D eigenvalue weighted by atomic mass is 9.88. The second-order valence-electron chi connectivity index (χ2n) is 18.4. The second kappa shape index (κ2) is 15.9. The molecule has 14 nitrogen and oxygen atoms in total. The van der Waals surface area contributed by atoms with Crippen LogP contribution < -0.4 is 19.9 Å². The Labute approximate surface area is 354 Å². The van der Waals surface area contributed by atoms with Crippen LogP contribution in [0.15, 0.2) is 42.7 Å². The summed E-state index contributed by atoms with van der Waals surface area (Å²) in [5.41, 5.74) is 2.34. The smallest absolute Gasteiger partial charge is 0.255 e. The van der Waals surface area contributed by atoms with E-state index in [2.05, 4.69) is 52.0 Å². The number of fused-ring (bicyclic) bond motifs is 2.